The van der Waals surface area contributed by atoms with Gasteiger partial charge in [-0.1, -0.05) is 19.1 Å². The van der Waals surface area contributed by atoms with Crippen molar-refractivity contribution in [2.75, 3.05) is 11.9 Å². The van der Waals surface area contributed by atoms with Gasteiger partial charge in [0, 0.05) is 23.3 Å². The second-order valence-corrected chi connectivity index (χ2v) is 5.08. The predicted octanol–water partition coefficient (Wildman–Crippen LogP) is 2.87. The second kappa shape index (κ2) is 6.49. The molecule has 0 spiro atoms. The van der Waals surface area contributed by atoms with Crippen LogP contribution in [0.5, 0.6) is 0 Å². The number of aliphatic hydroxyl groups is 1. The first-order valence-electron chi connectivity index (χ1n) is 7.36. The van der Waals surface area contributed by atoms with E-state index in [1.165, 1.54) is 0 Å². The highest BCUT2D eigenvalue weighted by Gasteiger charge is 2.12. The van der Waals surface area contributed by atoms with Crippen LogP contribution in [-0.2, 0) is 0 Å². The zero-order valence-electron chi connectivity index (χ0n) is 12.4. The molecule has 2 heterocycles. The molecule has 2 N–H and O–H groups in total. The molecule has 22 heavy (non-hydrogen) atoms. The fourth-order valence-corrected chi connectivity index (χ4v) is 2.29. The summed E-state index contributed by atoms with van der Waals surface area (Å²) in [5.41, 5.74) is 1.79. The van der Waals surface area contributed by atoms with Gasteiger partial charge in [-0.25, -0.2) is 9.97 Å². The van der Waals surface area contributed by atoms with Crippen LogP contribution in [0.3, 0.4) is 0 Å². The zero-order chi connectivity index (χ0) is 15.4. The normalized spacial score (nSPS) is 12.3. The maximum atomic E-state index is 9.43. The van der Waals surface area contributed by atoms with Crippen molar-refractivity contribution >= 4 is 16.7 Å². The quantitative estimate of drug-likeness (QED) is 0.757. The number of anilines is 1. The Hall–Kier alpha value is -2.53. The van der Waals surface area contributed by atoms with Crippen LogP contribution in [0.25, 0.3) is 22.3 Å². The van der Waals surface area contributed by atoms with Crippen molar-refractivity contribution < 1.29 is 5.11 Å². The fraction of sp³-hybridized carbons (Fsp3) is 0.235. The molecule has 5 nitrogen and oxygen atoms in total. The molecular formula is C17H18N4O. The Balaban J connectivity index is 2.12. The summed E-state index contributed by atoms with van der Waals surface area (Å²) in [6.45, 7) is 2.10. The van der Waals surface area contributed by atoms with Crippen LogP contribution in [0.15, 0.2) is 48.8 Å². The summed E-state index contributed by atoms with van der Waals surface area (Å²) >= 11 is 0. The smallest absolute Gasteiger partial charge is 0.162 e. The van der Waals surface area contributed by atoms with Gasteiger partial charge >= 0.3 is 0 Å². The monoisotopic (exact) mass is 294 g/mol. The largest absolute Gasteiger partial charge is 0.394 e. The molecule has 0 saturated heterocycles. The van der Waals surface area contributed by atoms with E-state index in [1.54, 1.807) is 12.4 Å². The molecule has 0 unspecified atom stereocenters. The highest BCUT2D eigenvalue weighted by Crippen LogP contribution is 2.25. The summed E-state index contributed by atoms with van der Waals surface area (Å²) in [5, 5.41) is 13.7. The third-order valence-electron chi connectivity index (χ3n) is 3.60. The summed E-state index contributed by atoms with van der Waals surface area (Å²) in [4.78, 5) is 13.3. The molecule has 3 aromatic rings. The predicted molar refractivity (Wildman–Crippen MR) is 87.6 cm³/mol. The number of pyridine rings is 1. The van der Waals surface area contributed by atoms with Crippen LogP contribution in [0.1, 0.15) is 13.3 Å². The maximum Gasteiger partial charge on any atom is 0.162 e. The van der Waals surface area contributed by atoms with Gasteiger partial charge < -0.3 is 10.4 Å². The topological polar surface area (TPSA) is 70.9 Å². The first kappa shape index (κ1) is 14.4. The van der Waals surface area contributed by atoms with E-state index in [1.807, 2.05) is 43.3 Å². The molecule has 0 aliphatic carbocycles. The van der Waals surface area contributed by atoms with E-state index in [9.17, 15) is 5.11 Å². The minimum absolute atomic E-state index is 0.0244. The number of aliphatic hydroxyl groups excluding tert-OH is 1. The number of para-hydroxylation sites is 1. The molecule has 1 atom stereocenters. The van der Waals surface area contributed by atoms with Crippen molar-refractivity contribution in [2.24, 2.45) is 0 Å². The Morgan fingerprint density at radius 2 is 1.86 bits per heavy atom. The molecule has 1 aromatic carbocycles. The maximum absolute atomic E-state index is 9.43. The van der Waals surface area contributed by atoms with Gasteiger partial charge in [-0.3, -0.25) is 4.98 Å². The van der Waals surface area contributed by atoms with Crippen LogP contribution in [-0.4, -0.2) is 32.7 Å². The van der Waals surface area contributed by atoms with E-state index in [4.69, 9.17) is 0 Å². The van der Waals surface area contributed by atoms with Crippen LogP contribution in [0.2, 0.25) is 0 Å². The molecule has 3 rings (SSSR count). The van der Waals surface area contributed by atoms with E-state index < -0.39 is 0 Å². The molecule has 2 aromatic heterocycles. The van der Waals surface area contributed by atoms with Crippen molar-refractivity contribution in [3.63, 3.8) is 0 Å². The standard InChI is InChI=1S/C17H18N4O/c1-2-13(11-22)19-17-14-5-3-4-6-15(14)20-16(21-17)12-7-9-18-10-8-12/h3-10,13,22H,2,11H2,1H3,(H,19,20,21)/t13-/m0/s1. The summed E-state index contributed by atoms with van der Waals surface area (Å²) < 4.78 is 0. The number of benzene rings is 1. The van der Waals surface area contributed by atoms with Crippen molar-refractivity contribution in [3.05, 3.63) is 48.8 Å². The molecule has 0 bridgehead atoms. The third-order valence-corrected chi connectivity index (χ3v) is 3.60. The molecule has 0 aliphatic heterocycles. The number of aromatic nitrogens is 3. The first-order valence-corrected chi connectivity index (χ1v) is 7.36. The van der Waals surface area contributed by atoms with Crippen LogP contribution < -0.4 is 5.32 Å². The van der Waals surface area contributed by atoms with Crippen molar-refractivity contribution in [1.29, 1.82) is 0 Å². The molecule has 5 heteroatoms. The Kier molecular flexibility index (Phi) is 4.25. The van der Waals surface area contributed by atoms with E-state index in [-0.39, 0.29) is 12.6 Å². The van der Waals surface area contributed by atoms with Gasteiger partial charge in [-0.05, 0) is 30.7 Å². The number of fused-ring (bicyclic) bond motifs is 1. The minimum atomic E-state index is -0.0244. The number of nitrogens with zero attached hydrogens (tertiary/aromatic N) is 3. The lowest BCUT2D eigenvalue weighted by atomic mass is 10.2. The number of nitrogens with one attached hydrogen (secondary N) is 1. The van der Waals surface area contributed by atoms with Gasteiger partial charge in [-0.2, -0.15) is 0 Å². The van der Waals surface area contributed by atoms with Crippen molar-refractivity contribution in [2.45, 2.75) is 19.4 Å². The summed E-state index contributed by atoms with van der Waals surface area (Å²) in [7, 11) is 0. The van der Waals surface area contributed by atoms with Gasteiger partial charge in [0.2, 0.25) is 0 Å². The third kappa shape index (κ3) is 2.89. The molecular weight excluding hydrogens is 276 g/mol. The van der Waals surface area contributed by atoms with E-state index in [2.05, 4.69) is 20.3 Å². The lowest BCUT2D eigenvalue weighted by Crippen LogP contribution is -2.23. The van der Waals surface area contributed by atoms with Gasteiger partial charge in [0.15, 0.2) is 5.82 Å². The van der Waals surface area contributed by atoms with Gasteiger partial charge in [0.05, 0.1) is 18.2 Å². The lowest BCUT2D eigenvalue weighted by molar-refractivity contribution is 0.271. The van der Waals surface area contributed by atoms with Gasteiger partial charge in [0.25, 0.3) is 0 Å². The average molecular weight is 294 g/mol. The Labute approximate surface area is 129 Å². The zero-order valence-corrected chi connectivity index (χ0v) is 12.4. The number of rotatable bonds is 5. The SMILES string of the molecule is CC[C@@H](CO)Nc1nc(-c2ccncc2)nc2ccccc12. The summed E-state index contributed by atoms with van der Waals surface area (Å²) in [5.74, 6) is 1.40. The van der Waals surface area contributed by atoms with E-state index >= 15 is 0 Å². The Bertz CT molecular complexity index is 757. The van der Waals surface area contributed by atoms with Gasteiger partial charge in [0.1, 0.15) is 5.82 Å². The molecule has 0 saturated carbocycles. The number of hydrogen-bond donors (Lipinski definition) is 2. The Morgan fingerprint density at radius 3 is 2.59 bits per heavy atom. The molecule has 112 valence electrons. The average Bonchev–Trinajstić information content (AvgIpc) is 2.60. The van der Waals surface area contributed by atoms with Gasteiger partial charge in [-0.15, -0.1) is 0 Å². The van der Waals surface area contributed by atoms with Crippen LogP contribution in [0, 0.1) is 0 Å². The summed E-state index contributed by atoms with van der Waals surface area (Å²) in [6.07, 6.45) is 4.27. The van der Waals surface area contributed by atoms with Crippen LogP contribution >= 0.6 is 0 Å². The first-order chi connectivity index (χ1) is 10.8. The van der Waals surface area contributed by atoms with E-state index in [0.717, 1.165) is 28.7 Å². The van der Waals surface area contributed by atoms with Crippen LogP contribution in [0.4, 0.5) is 5.82 Å². The van der Waals surface area contributed by atoms with Crippen molar-refractivity contribution in [1.82, 2.24) is 15.0 Å². The Morgan fingerprint density at radius 1 is 1.09 bits per heavy atom. The van der Waals surface area contributed by atoms with Crippen molar-refractivity contribution in [3.8, 4) is 11.4 Å². The highest BCUT2D eigenvalue weighted by atomic mass is 16.3. The fourth-order valence-electron chi connectivity index (χ4n) is 2.29. The molecule has 0 fully saturated rings. The lowest BCUT2D eigenvalue weighted by Gasteiger charge is -2.17. The molecule has 0 amide bonds. The summed E-state index contributed by atoms with van der Waals surface area (Å²) in [6, 6.07) is 11.6. The van der Waals surface area contributed by atoms with E-state index in [0.29, 0.717) is 5.82 Å². The molecule has 0 aliphatic rings. The molecule has 0 radical (unpaired) electrons. The minimum Gasteiger partial charge on any atom is -0.394 e. The second-order valence-electron chi connectivity index (χ2n) is 5.08. The number of hydrogen-bond acceptors (Lipinski definition) is 5. The highest BCUT2D eigenvalue weighted by molar-refractivity contribution is 5.90.